The normalized spacial score (nSPS) is 11.6. The van der Waals surface area contributed by atoms with E-state index in [4.69, 9.17) is 9.47 Å². The van der Waals surface area contributed by atoms with E-state index < -0.39 is 10.8 Å². The van der Waals surface area contributed by atoms with Crippen LogP contribution in [0.2, 0.25) is 0 Å². The van der Waals surface area contributed by atoms with Crippen LogP contribution in [0.1, 0.15) is 57.5 Å². The smallest absolute Gasteiger partial charge is 0.316 e. The van der Waals surface area contributed by atoms with E-state index in [0.717, 1.165) is 0 Å². The molecule has 5 heteroatoms. The lowest BCUT2D eigenvalue weighted by molar-refractivity contribution is -0.143. The van der Waals surface area contributed by atoms with Gasteiger partial charge >= 0.3 is 11.9 Å². The van der Waals surface area contributed by atoms with Crippen LogP contribution in [0.4, 0.5) is 0 Å². The summed E-state index contributed by atoms with van der Waals surface area (Å²) in [5, 5.41) is 0. The highest BCUT2D eigenvalue weighted by Gasteiger charge is 2.24. The summed E-state index contributed by atoms with van der Waals surface area (Å²) in [6.07, 6.45) is 0. The molecule has 0 radical (unpaired) electrons. The Balaban J connectivity index is 2.07. The molecule has 0 aliphatic heterocycles. The molecule has 5 nitrogen and oxygen atoms in total. The van der Waals surface area contributed by atoms with Gasteiger partial charge in [0.1, 0.15) is 11.5 Å². The van der Waals surface area contributed by atoms with Crippen LogP contribution >= 0.6 is 0 Å². The predicted octanol–water partition coefficient (Wildman–Crippen LogP) is 4.82. The molecule has 2 aromatic rings. The Morgan fingerprint density at radius 1 is 0.571 bits per heavy atom. The summed E-state index contributed by atoms with van der Waals surface area (Å²) in [4.78, 5) is 36.5. The molecule has 0 fully saturated rings. The number of ether oxygens (including phenoxy) is 2. The van der Waals surface area contributed by atoms with E-state index in [1.54, 1.807) is 90.1 Å². The van der Waals surface area contributed by atoms with E-state index in [9.17, 15) is 14.4 Å². The number of hydrogen-bond donors (Lipinski definition) is 0. The maximum atomic E-state index is 12.6. The molecule has 0 N–H and O–H groups in total. The van der Waals surface area contributed by atoms with Crippen molar-refractivity contribution in [3.8, 4) is 11.5 Å². The van der Waals surface area contributed by atoms with Crippen molar-refractivity contribution in [2.45, 2.75) is 41.5 Å². The second kappa shape index (κ2) is 7.97. The lowest BCUT2D eigenvalue weighted by Gasteiger charge is -2.16. The molecule has 0 saturated heterocycles. The van der Waals surface area contributed by atoms with E-state index >= 15 is 0 Å². The van der Waals surface area contributed by atoms with Crippen LogP contribution < -0.4 is 9.47 Å². The molecular formula is C23H26O5. The average Bonchev–Trinajstić information content (AvgIpc) is 2.61. The fraction of sp³-hybridized carbons (Fsp3) is 0.348. The Hall–Kier alpha value is -2.95. The van der Waals surface area contributed by atoms with Crippen molar-refractivity contribution in [2.24, 2.45) is 10.8 Å². The number of rotatable bonds is 4. The zero-order chi connectivity index (χ0) is 21.1. The second-order valence-corrected chi connectivity index (χ2v) is 8.66. The second-order valence-electron chi connectivity index (χ2n) is 8.66. The van der Waals surface area contributed by atoms with Gasteiger partial charge in [-0.05, 0) is 90.1 Å². The van der Waals surface area contributed by atoms with Crippen molar-refractivity contribution in [1.29, 1.82) is 0 Å². The van der Waals surface area contributed by atoms with Gasteiger partial charge < -0.3 is 9.47 Å². The summed E-state index contributed by atoms with van der Waals surface area (Å²) in [6, 6.07) is 12.8. The number of carbonyl (C=O) groups excluding carboxylic acids is 3. The third kappa shape index (κ3) is 5.52. The van der Waals surface area contributed by atoms with Crippen LogP contribution in [0.5, 0.6) is 11.5 Å². The van der Waals surface area contributed by atoms with Crippen LogP contribution in [0.25, 0.3) is 0 Å². The van der Waals surface area contributed by atoms with Crippen molar-refractivity contribution in [2.75, 3.05) is 0 Å². The van der Waals surface area contributed by atoms with Crippen molar-refractivity contribution < 1.29 is 23.9 Å². The van der Waals surface area contributed by atoms with Crippen LogP contribution in [-0.2, 0) is 9.59 Å². The van der Waals surface area contributed by atoms with Crippen LogP contribution in [0.3, 0.4) is 0 Å². The molecule has 0 bridgehead atoms. The van der Waals surface area contributed by atoms with Crippen LogP contribution in [0, 0.1) is 10.8 Å². The van der Waals surface area contributed by atoms with Crippen LogP contribution in [0.15, 0.2) is 48.5 Å². The number of carbonyl (C=O) groups is 3. The summed E-state index contributed by atoms with van der Waals surface area (Å²) in [6.45, 7) is 10.6. The summed E-state index contributed by atoms with van der Waals surface area (Å²) < 4.78 is 10.6. The van der Waals surface area contributed by atoms with Crippen molar-refractivity contribution in [1.82, 2.24) is 0 Å². The molecule has 0 saturated carbocycles. The maximum absolute atomic E-state index is 12.6. The molecule has 0 atom stereocenters. The van der Waals surface area contributed by atoms with E-state index in [-0.39, 0.29) is 17.7 Å². The minimum absolute atomic E-state index is 0.178. The molecule has 0 aliphatic carbocycles. The van der Waals surface area contributed by atoms with Gasteiger partial charge in [-0.2, -0.15) is 0 Å². The molecule has 0 aromatic heterocycles. The maximum Gasteiger partial charge on any atom is 0.316 e. The van der Waals surface area contributed by atoms with Gasteiger partial charge in [0, 0.05) is 11.1 Å². The Morgan fingerprint density at radius 2 is 0.857 bits per heavy atom. The molecule has 0 amide bonds. The first-order valence-corrected chi connectivity index (χ1v) is 9.07. The third-order valence-electron chi connectivity index (χ3n) is 3.88. The molecule has 28 heavy (non-hydrogen) atoms. The molecule has 0 aliphatic rings. The Morgan fingerprint density at radius 3 is 1.11 bits per heavy atom. The van der Waals surface area contributed by atoms with Crippen molar-refractivity contribution >= 4 is 17.7 Å². The lowest BCUT2D eigenvalue weighted by Crippen LogP contribution is -2.25. The average molecular weight is 382 g/mol. The van der Waals surface area contributed by atoms with Crippen LogP contribution in [-0.4, -0.2) is 17.7 Å². The predicted molar refractivity (Wildman–Crippen MR) is 106 cm³/mol. The molecule has 148 valence electrons. The van der Waals surface area contributed by atoms with Gasteiger partial charge in [-0.1, -0.05) is 0 Å². The standard InChI is InChI=1S/C23H26O5/c1-22(2,3)20(25)27-17-11-7-15(8-12-17)19(24)16-9-13-18(14-10-16)28-21(26)23(4,5)6/h7-14H,1-6H3. The number of esters is 2. The molecule has 2 rings (SSSR count). The van der Waals surface area contributed by atoms with E-state index in [1.165, 1.54) is 0 Å². The number of benzene rings is 2. The van der Waals surface area contributed by atoms with E-state index in [0.29, 0.717) is 22.6 Å². The van der Waals surface area contributed by atoms with E-state index in [2.05, 4.69) is 0 Å². The highest BCUT2D eigenvalue weighted by molar-refractivity contribution is 6.09. The van der Waals surface area contributed by atoms with Gasteiger partial charge in [-0.3, -0.25) is 14.4 Å². The van der Waals surface area contributed by atoms with Crippen molar-refractivity contribution in [3.63, 3.8) is 0 Å². The first kappa shape index (κ1) is 21.4. The fourth-order valence-electron chi connectivity index (χ4n) is 2.04. The Bertz CT molecular complexity index is 790. The monoisotopic (exact) mass is 382 g/mol. The van der Waals surface area contributed by atoms with Crippen molar-refractivity contribution in [3.05, 3.63) is 59.7 Å². The molecular weight excluding hydrogens is 356 g/mol. The quantitative estimate of drug-likeness (QED) is 0.431. The summed E-state index contributed by atoms with van der Waals surface area (Å²) in [5.74, 6) is -0.0804. The Kier molecular flexibility index (Phi) is 6.07. The molecule has 0 heterocycles. The first-order valence-electron chi connectivity index (χ1n) is 9.07. The lowest BCUT2D eigenvalue weighted by atomic mass is 9.97. The number of ketones is 1. The SMILES string of the molecule is CC(C)(C)C(=O)Oc1ccc(C(=O)c2ccc(OC(=O)C(C)(C)C)cc2)cc1. The topological polar surface area (TPSA) is 69.7 Å². The summed E-state index contributed by atoms with van der Waals surface area (Å²) >= 11 is 0. The van der Waals surface area contributed by atoms with Gasteiger partial charge in [0.15, 0.2) is 5.78 Å². The van der Waals surface area contributed by atoms with Gasteiger partial charge in [-0.25, -0.2) is 0 Å². The highest BCUT2D eigenvalue weighted by atomic mass is 16.5. The summed E-state index contributed by atoms with van der Waals surface area (Å²) in [7, 11) is 0. The van der Waals surface area contributed by atoms with Gasteiger partial charge in [0.25, 0.3) is 0 Å². The Labute approximate surface area is 165 Å². The van der Waals surface area contributed by atoms with Gasteiger partial charge in [0.05, 0.1) is 10.8 Å². The third-order valence-corrected chi connectivity index (χ3v) is 3.88. The zero-order valence-electron chi connectivity index (χ0n) is 17.2. The largest absolute Gasteiger partial charge is 0.426 e. The van der Waals surface area contributed by atoms with Gasteiger partial charge in [-0.15, -0.1) is 0 Å². The molecule has 0 spiro atoms. The molecule has 2 aromatic carbocycles. The van der Waals surface area contributed by atoms with E-state index in [1.807, 2.05) is 0 Å². The highest BCUT2D eigenvalue weighted by Crippen LogP contribution is 2.23. The summed E-state index contributed by atoms with van der Waals surface area (Å²) in [5.41, 5.74) is -0.274. The minimum Gasteiger partial charge on any atom is -0.426 e. The van der Waals surface area contributed by atoms with Gasteiger partial charge in [0.2, 0.25) is 0 Å². The molecule has 0 unspecified atom stereocenters. The fourth-order valence-corrected chi connectivity index (χ4v) is 2.04. The number of hydrogen-bond acceptors (Lipinski definition) is 5. The minimum atomic E-state index is -0.604. The zero-order valence-corrected chi connectivity index (χ0v) is 17.2. The first-order chi connectivity index (χ1) is 12.9.